The van der Waals surface area contributed by atoms with Gasteiger partial charge in [0.2, 0.25) is 0 Å². The van der Waals surface area contributed by atoms with Gasteiger partial charge in [-0.15, -0.1) is 0 Å². The fourth-order valence-corrected chi connectivity index (χ4v) is 1.76. The number of nitrogens with zero attached hydrogens (tertiary/aromatic N) is 1. The molecule has 1 aromatic rings. The van der Waals surface area contributed by atoms with Crippen molar-refractivity contribution in [2.45, 2.75) is 13.0 Å². The average Bonchev–Trinajstić information content (AvgIpc) is 2.39. The Hall–Kier alpha value is -1.33. The summed E-state index contributed by atoms with van der Waals surface area (Å²) in [7, 11) is 0. The van der Waals surface area contributed by atoms with Gasteiger partial charge in [-0.25, -0.2) is 4.98 Å². The molecule has 0 radical (unpaired) electrons. The Morgan fingerprint density at radius 3 is 3.35 bits per heavy atom. The zero-order chi connectivity index (χ0) is 11.9. The van der Waals surface area contributed by atoms with Crippen LogP contribution in [0.25, 0.3) is 0 Å². The third kappa shape index (κ3) is 3.57. The molecule has 94 valence electrons. The minimum absolute atomic E-state index is 0.195. The molecular formula is C12H19N3O2. The first kappa shape index (κ1) is 12.1. The van der Waals surface area contributed by atoms with Crippen LogP contribution >= 0.6 is 0 Å². The molecule has 0 saturated carbocycles. The number of pyridine rings is 1. The van der Waals surface area contributed by atoms with Crippen molar-refractivity contribution in [2.24, 2.45) is 0 Å². The number of anilines is 1. The van der Waals surface area contributed by atoms with Crippen molar-refractivity contribution in [3.63, 3.8) is 0 Å². The minimum Gasteiger partial charge on any atom is -0.490 e. The minimum atomic E-state index is 0.195. The van der Waals surface area contributed by atoms with E-state index in [1.165, 1.54) is 0 Å². The van der Waals surface area contributed by atoms with E-state index in [0.717, 1.165) is 37.8 Å². The quantitative estimate of drug-likeness (QED) is 0.796. The lowest BCUT2D eigenvalue weighted by molar-refractivity contribution is 0.0371. The smallest absolute Gasteiger partial charge is 0.168 e. The Bertz CT molecular complexity index is 340. The summed E-state index contributed by atoms with van der Waals surface area (Å²) in [6.45, 7) is 5.93. The number of rotatable bonds is 5. The highest BCUT2D eigenvalue weighted by Gasteiger charge is 2.13. The van der Waals surface area contributed by atoms with Crippen LogP contribution < -0.4 is 15.4 Å². The van der Waals surface area contributed by atoms with Gasteiger partial charge in [-0.2, -0.15) is 0 Å². The van der Waals surface area contributed by atoms with E-state index in [0.29, 0.717) is 6.61 Å². The van der Waals surface area contributed by atoms with E-state index in [-0.39, 0.29) is 6.10 Å². The molecule has 0 spiro atoms. The van der Waals surface area contributed by atoms with Gasteiger partial charge in [-0.3, -0.25) is 0 Å². The number of nitrogens with one attached hydrogen (secondary N) is 2. The fraction of sp³-hybridized carbons (Fsp3) is 0.583. The summed E-state index contributed by atoms with van der Waals surface area (Å²) in [6.07, 6.45) is 1.95. The molecule has 1 aliphatic rings. The fourth-order valence-electron chi connectivity index (χ4n) is 1.76. The molecule has 0 aromatic carbocycles. The van der Waals surface area contributed by atoms with Gasteiger partial charge in [-0.1, -0.05) is 0 Å². The number of morpholine rings is 1. The van der Waals surface area contributed by atoms with Crippen molar-refractivity contribution in [3.8, 4) is 5.75 Å². The van der Waals surface area contributed by atoms with Crippen LogP contribution in [0.3, 0.4) is 0 Å². The molecule has 1 aromatic heterocycles. The van der Waals surface area contributed by atoms with Crippen LogP contribution in [0.5, 0.6) is 5.75 Å². The second-order valence-electron chi connectivity index (χ2n) is 3.86. The number of hydrogen-bond donors (Lipinski definition) is 2. The first-order valence-electron chi connectivity index (χ1n) is 6.04. The van der Waals surface area contributed by atoms with E-state index in [1.807, 2.05) is 19.1 Å². The molecule has 5 nitrogen and oxygen atoms in total. The lowest BCUT2D eigenvalue weighted by Crippen LogP contribution is -2.42. The van der Waals surface area contributed by atoms with Gasteiger partial charge in [0.1, 0.15) is 0 Å². The SMILES string of the molecule is CCOc1cccnc1NCC1CNCCO1. The van der Waals surface area contributed by atoms with Crippen molar-refractivity contribution in [1.82, 2.24) is 10.3 Å². The maximum atomic E-state index is 5.61. The van der Waals surface area contributed by atoms with Gasteiger partial charge >= 0.3 is 0 Å². The van der Waals surface area contributed by atoms with Crippen LogP contribution in [0.4, 0.5) is 5.82 Å². The topological polar surface area (TPSA) is 55.4 Å². The lowest BCUT2D eigenvalue weighted by Gasteiger charge is -2.24. The molecule has 0 amide bonds. The molecule has 0 aliphatic carbocycles. The van der Waals surface area contributed by atoms with E-state index in [2.05, 4.69) is 15.6 Å². The molecule has 5 heteroatoms. The molecule has 0 bridgehead atoms. The Morgan fingerprint density at radius 2 is 2.59 bits per heavy atom. The van der Waals surface area contributed by atoms with Gasteiger partial charge < -0.3 is 20.1 Å². The number of aromatic nitrogens is 1. The highest BCUT2D eigenvalue weighted by atomic mass is 16.5. The largest absolute Gasteiger partial charge is 0.490 e. The van der Waals surface area contributed by atoms with Gasteiger partial charge in [0.15, 0.2) is 11.6 Å². The normalized spacial score (nSPS) is 19.9. The van der Waals surface area contributed by atoms with E-state index in [1.54, 1.807) is 6.20 Å². The zero-order valence-corrected chi connectivity index (χ0v) is 10.1. The Balaban J connectivity index is 1.88. The van der Waals surface area contributed by atoms with Crippen molar-refractivity contribution >= 4 is 5.82 Å². The summed E-state index contributed by atoms with van der Waals surface area (Å²) in [6, 6.07) is 3.79. The summed E-state index contributed by atoms with van der Waals surface area (Å²) >= 11 is 0. The van der Waals surface area contributed by atoms with Crippen LogP contribution in [0.1, 0.15) is 6.92 Å². The summed E-state index contributed by atoms with van der Waals surface area (Å²) in [5, 5.41) is 6.56. The Kier molecular flexibility index (Phi) is 4.58. The van der Waals surface area contributed by atoms with Crippen molar-refractivity contribution in [1.29, 1.82) is 0 Å². The van der Waals surface area contributed by atoms with E-state index in [4.69, 9.17) is 9.47 Å². The predicted octanol–water partition coefficient (Wildman–Crippen LogP) is 0.881. The van der Waals surface area contributed by atoms with E-state index < -0.39 is 0 Å². The summed E-state index contributed by atoms with van der Waals surface area (Å²) in [5.74, 6) is 1.57. The highest BCUT2D eigenvalue weighted by molar-refractivity contribution is 5.49. The molecule has 1 fully saturated rings. The van der Waals surface area contributed by atoms with Crippen LogP contribution in [-0.2, 0) is 4.74 Å². The maximum Gasteiger partial charge on any atom is 0.168 e. The van der Waals surface area contributed by atoms with Gasteiger partial charge in [0.05, 0.1) is 19.3 Å². The van der Waals surface area contributed by atoms with Gasteiger partial charge in [0, 0.05) is 25.8 Å². The standard InChI is InChI=1S/C12H19N3O2/c1-2-16-11-4-3-5-14-12(11)15-9-10-8-13-6-7-17-10/h3-5,10,13H,2,6-9H2,1H3,(H,14,15). The maximum absolute atomic E-state index is 5.61. The van der Waals surface area contributed by atoms with Crippen LogP contribution in [0, 0.1) is 0 Å². The highest BCUT2D eigenvalue weighted by Crippen LogP contribution is 2.20. The molecule has 2 rings (SSSR count). The summed E-state index contributed by atoms with van der Waals surface area (Å²) in [4.78, 5) is 4.27. The third-order valence-corrected chi connectivity index (χ3v) is 2.57. The molecule has 1 atom stereocenters. The monoisotopic (exact) mass is 237 g/mol. The Morgan fingerprint density at radius 1 is 1.65 bits per heavy atom. The summed E-state index contributed by atoms with van der Waals surface area (Å²) < 4.78 is 11.1. The van der Waals surface area contributed by atoms with Crippen molar-refractivity contribution in [2.75, 3.05) is 38.2 Å². The molecule has 1 aliphatic heterocycles. The predicted molar refractivity (Wildman–Crippen MR) is 66.5 cm³/mol. The molecule has 2 heterocycles. The van der Waals surface area contributed by atoms with Gasteiger partial charge in [0.25, 0.3) is 0 Å². The van der Waals surface area contributed by atoms with Crippen molar-refractivity contribution < 1.29 is 9.47 Å². The molecule has 17 heavy (non-hydrogen) atoms. The number of hydrogen-bond acceptors (Lipinski definition) is 5. The number of ether oxygens (including phenoxy) is 2. The first-order valence-corrected chi connectivity index (χ1v) is 6.04. The average molecular weight is 237 g/mol. The third-order valence-electron chi connectivity index (χ3n) is 2.57. The van der Waals surface area contributed by atoms with Crippen LogP contribution in [0.15, 0.2) is 18.3 Å². The van der Waals surface area contributed by atoms with Crippen LogP contribution in [0.2, 0.25) is 0 Å². The molecule has 2 N–H and O–H groups in total. The summed E-state index contributed by atoms with van der Waals surface area (Å²) in [5.41, 5.74) is 0. The van der Waals surface area contributed by atoms with Crippen molar-refractivity contribution in [3.05, 3.63) is 18.3 Å². The van der Waals surface area contributed by atoms with Crippen LogP contribution in [-0.4, -0.2) is 43.9 Å². The van der Waals surface area contributed by atoms with E-state index in [9.17, 15) is 0 Å². The zero-order valence-electron chi connectivity index (χ0n) is 10.1. The molecule has 1 saturated heterocycles. The molecule has 1 unspecified atom stereocenters. The van der Waals surface area contributed by atoms with Gasteiger partial charge in [-0.05, 0) is 19.1 Å². The molecular weight excluding hydrogens is 218 g/mol. The first-order chi connectivity index (χ1) is 8.40. The second kappa shape index (κ2) is 6.42. The Labute approximate surface area is 102 Å². The second-order valence-corrected chi connectivity index (χ2v) is 3.86. The lowest BCUT2D eigenvalue weighted by atomic mass is 10.3. The van der Waals surface area contributed by atoms with E-state index >= 15 is 0 Å².